The van der Waals surface area contributed by atoms with Crippen molar-refractivity contribution in [1.82, 2.24) is 47.4 Å². The number of ether oxygens (including phenoxy) is 5. The smallest absolute Gasteiger partial charge is 0.277 e. The summed E-state index contributed by atoms with van der Waals surface area (Å²) in [4.78, 5) is 88.6. The molecule has 1 heterocycles. The van der Waals surface area contributed by atoms with Crippen LogP contribution < -0.4 is 42.0 Å². The molecular weight excluding hydrogens is 1280 g/mol. The van der Waals surface area contributed by atoms with Crippen LogP contribution in [0.25, 0.3) is 11.5 Å². The summed E-state index contributed by atoms with van der Waals surface area (Å²) < 4.78 is 33.8. The van der Waals surface area contributed by atoms with Gasteiger partial charge in [0.15, 0.2) is 0 Å². The van der Waals surface area contributed by atoms with Crippen LogP contribution in [0.2, 0.25) is 0 Å². The SMILES string of the molecule is CCCCCCCCCCCCCCCCCCCCCCCC(=O)NCCOCCC(=O)NCCOCCC(=O)NC[C@H](NC(=O)CCOCCNC(=O)CCOCCNC(=O)CCCCCCCCCCCCCCC)C(=O)NCCOc1ccc(-c2nnc(SC(C)C)o2)cc1. The fraction of sp³-hybridized carbons (Fsp3) is 0.803. The van der Waals surface area contributed by atoms with Crippen molar-refractivity contribution in [2.45, 2.75) is 301 Å². The molecule has 23 heteroatoms. The number of nitrogens with zero attached hydrogens (tertiary/aromatic N) is 2. The third-order valence-electron chi connectivity index (χ3n) is 16.9. The maximum Gasteiger partial charge on any atom is 0.277 e. The van der Waals surface area contributed by atoms with Gasteiger partial charge in [-0.05, 0) is 37.1 Å². The lowest BCUT2D eigenvalue weighted by atomic mass is 10.0. The van der Waals surface area contributed by atoms with E-state index in [1.54, 1.807) is 24.3 Å². The van der Waals surface area contributed by atoms with Crippen LogP contribution in [0, 0.1) is 0 Å². The lowest BCUT2D eigenvalue weighted by molar-refractivity contribution is -0.130. The first-order valence-electron chi connectivity index (χ1n) is 38.8. The first kappa shape index (κ1) is 89.7. The quantitative estimate of drug-likeness (QED) is 0.0239. The van der Waals surface area contributed by atoms with Crippen LogP contribution in [0.1, 0.15) is 285 Å². The summed E-state index contributed by atoms with van der Waals surface area (Å²) in [5.41, 5.74) is 0.725. The molecule has 2 rings (SSSR count). The van der Waals surface area contributed by atoms with Crippen LogP contribution in [0.3, 0.4) is 0 Å². The third kappa shape index (κ3) is 56.9. The molecule has 22 nitrogen and oxygen atoms in total. The van der Waals surface area contributed by atoms with Gasteiger partial charge in [0.2, 0.25) is 47.2 Å². The van der Waals surface area contributed by atoms with Crippen LogP contribution in [0.4, 0.5) is 0 Å². The Kier molecular flexibility index (Phi) is 59.7. The van der Waals surface area contributed by atoms with E-state index in [1.165, 1.54) is 204 Å². The summed E-state index contributed by atoms with van der Waals surface area (Å²) in [6.45, 7) is 11.3. The summed E-state index contributed by atoms with van der Waals surface area (Å²) in [5.74, 6) is -0.901. The number of nitrogens with one attached hydrogen (secondary N) is 7. The molecule has 0 unspecified atom stereocenters. The van der Waals surface area contributed by atoms with Crippen molar-refractivity contribution in [3.8, 4) is 17.2 Å². The molecule has 0 aliphatic carbocycles. The Balaban J connectivity index is 1.56. The molecule has 1 atom stereocenters. The first-order chi connectivity index (χ1) is 48.4. The molecule has 0 aliphatic heterocycles. The minimum atomic E-state index is -1.13. The highest BCUT2D eigenvalue weighted by atomic mass is 32.2. The van der Waals surface area contributed by atoms with Crippen LogP contribution in [0.15, 0.2) is 33.9 Å². The van der Waals surface area contributed by atoms with E-state index in [9.17, 15) is 33.6 Å². The maximum absolute atomic E-state index is 13.4. The van der Waals surface area contributed by atoms with Crippen LogP contribution in [-0.4, -0.2) is 162 Å². The lowest BCUT2D eigenvalue weighted by Gasteiger charge is -2.19. The third-order valence-corrected chi connectivity index (χ3v) is 17.7. The fourth-order valence-corrected chi connectivity index (χ4v) is 11.6. The molecule has 7 amide bonds. The molecule has 0 radical (unpaired) electrons. The van der Waals surface area contributed by atoms with Crippen molar-refractivity contribution in [2.75, 3.05) is 98.7 Å². The molecule has 2 aromatic rings. The number of benzene rings is 1. The average molecular weight is 1420 g/mol. The Bertz CT molecular complexity index is 2320. The summed E-state index contributed by atoms with van der Waals surface area (Å²) >= 11 is 1.47. The number of carbonyl (C=O) groups is 7. The maximum atomic E-state index is 13.4. The molecule has 99 heavy (non-hydrogen) atoms. The number of rotatable bonds is 71. The van der Waals surface area contributed by atoms with Crippen molar-refractivity contribution in [3.63, 3.8) is 0 Å². The van der Waals surface area contributed by atoms with Gasteiger partial charge in [0.1, 0.15) is 18.4 Å². The molecule has 0 fully saturated rings. The van der Waals surface area contributed by atoms with Crippen molar-refractivity contribution in [3.05, 3.63) is 24.3 Å². The highest BCUT2D eigenvalue weighted by Crippen LogP contribution is 2.27. The Morgan fingerprint density at radius 2 is 0.697 bits per heavy atom. The van der Waals surface area contributed by atoms with E-state index < -0.39 is 23.8 Å². The van der Waals surface area contributed by atoms with E-state index in [-0.39, 0.29) is 122 Å². The van der Waals surface area contributed by atoms with Gasteiger partial charge in [-0.2, -0.15) is 0 Å². The van der Waals surface area contributed by atoms with E-state index in [1.807, 2.05) is 13.8 Å². The second kappa shape index (κ2) is 65.9. The molecule has 1 aromatic heterocycles. The molecule has 7 N–H and O–H groups in total. The Morgan fingerprint density at radius 3 is 1.06 bits per heavy atom. The number of hydrogen-bond acceptors (Lipinski definition) is 16. The summed E-state index contributed by atoms with van der Waals surface area (Å²) in [7, 11) is 0. The predicted molar refractivity (Wildman–Crippen MR) is 396 cm³/mol. The van der Waals surface area contributed by atoms with E-state index in [2.05, 4.69) is 61.3 Å². The van der Waals surface area contributed by atoms with E-state index in [4.69, 9.17) is 28.1 Å². The standard InChI is InChI=1S/C76H135N9O13S/c1-5-7-9-11-13-15-17-19-20-21-22-23-24-25-26-28-30-32-34-36-38-40-69(87)77-49-58-93-54-45-70(88)79-51-60-95-56-47-72(90)82-63-67(74(92)81-53-62-97-66-43-41-65(42-44-66)75-84-85-76(98-75)99-64(3)4)83-73(91)48-57-96-61-52-80-71(89)46-55-94-59-50-78-68(86)39-37-35-33-31-29-27-18-16-14-12-10-8-6-2/h41-44,64,67H,5-40,45-63H2,1-4H3,(H,77,87)(H,78,86)(H,79,88)(H,80,89)(H,81,92)(H,82,90)(H,83,91)/t67-/m0/s1. The van der Waals surface area contributed by atoms with Crippen molar-refractivity contribution in [1.29, 1.82) is 0 Å². The van der Waals surface area contributed by atoms with E-state index in [0.717, 1.165) is 31.2 Å². The average Bonchev–Trinajstić information content (AvgIpc) is 1.76. The van der Waals surface area contributed by atoms with Crippen molar-refractivity contribution < 1.29 is 61.7 Å². The van der Waals surface area contributed by atoms with Gasteiger partial charge in [-0.15, -0.1) is 10.2 Å². The number of amides is 7. The van der Waals surface area contributed by atoms with Crippen LogP contribution in [0.5, 0.6) is 5.75 Å². The molecule has 1 aromatic carbocycles. The van der Waals surface area contributed by atoms with Crippen molar-refractivity contribution in [2.24, 2.45) is 0 Å². The highest BCUT2D eigenvalue weighted by molar-refractivity contribution is 7.99. The number of aromatic nitrogens is 2. The lowest BCUT2D eigenvalue weighted by Crippen LogP contribution is -2.53. The Morgan fingerprint density at radius 1 is 0.374 bits per heavy atom. The van der Waals surface area contributed by atoms with Crippen LogP contribution in [-0.2, 0) is 52.5 Å². The summed E-state index contributed by atoms with van der Waals surface area (Å²) in [5, 5.41) is 28.4. The summed E-state index contributed by atoms with van der Waals surface area (Å²) in [6, 6.07) is 5.95. The van der Waals surface area contributed by atoms with Gasteiger partial charge in [-0.3, -0.25) is 33.6 Å². The molecular formula is C76H135N9O13S. The zero-order valence-corrected chi connectivity index (χ0v) is 62.8. The summed E-state index contributed by atoms with van der Waals surface area (Å²) in [6.07, 6.45) is 45.5. The first-order valence-corrected chi connectivity index (χ1v) is 39.7. The van der Waals surface area contributed by atoms with Gasteiger partial charge in [-0.1, -0.05) is 245 Å². The molecule has 0 aliphatic rings. The van der Waals surface area contributed by atoms with Crippen LogP contribution >= 0.6 is 11.8 Å². The number of hydrogen-bond donors (Lipinski definition) is 7. The van der Waals surface area contributed by atoms with Gasteiger partial charge in [0.25, 0.3) is 5.22 Å². The minimum absolute atomic E-state index is 0.0139. The van der Waals surface area contributed by atoms with Gasteiger partial charge in [0, 0.05) is 82.1 Å². The monoisotopic (exact) mass is 1410 g/mol. The normalized spacial score (nSPS) is 11.6. The highest BCUT2D eigenvalue weighted by Gasteiger charge is 2.22. The molecule has 0 saturated heterocycles. The predicted octanol–water partition coefficient (Wildman–Crippen LogP) is 13.5. The molecule has 0 saturated carbocycles. The number of thioether (sulfide) groups is 1. The van der Waals surface area contributed by atoms with Gasteiger partial charge in [-0.25, -0.2) is 0 Å². The second-order valence-corrected chi connectivity index (χ2v) is 27.8. The minimum Gasteiger partial charge on any atom is -0.492 e. The van der Waals surface area contributed by atoms with E-state index >= 15 is 0 Å². The second-order valence-electron chi connectivity index (χ2n) is 26.3. The van der Waals surface area contributed by atoms with Gasteiger partial charge >= 0.3 is 0 Å². The Labute approximate surface area is 600 Å². The number of carbonyl (C=O) groups excluding carboxylic acids is 7. The molecule has 0 spiro atoms. The van der Waals surface area contributed by atoms with Gasteiger partial charge < -0.3 is 65.3 Å². The zero-order chi connectivity index (χ0) is 71.5. The van der Waals surface area contributed by atoms with Crippen molar-refractivity contribution >= 4 is 53.1 Å². The van der Waals surface area contributed by atoms with Gasteiger partial charge in [0.05, 0.1) is 59.4 Å². The molecule has 0 bridgehead atoms. The molecule has 568 valence electrons. The zero-order valence-electron chi connectivity index (χ0n) is 62.0. The van der Waals surface area contributed by atoms with E-state index in [0.29, 0.717) is 61.3 Å². The largest absolute Gasteiger partial charge is 0.492 e. The topological polar surface area (TPSA) is 289 Å². The fourth-order valence-electron chi connectivity index (χ4n) is 11.0. The number of unbranched alkanes of at least 4 members (excludes halogenated alkanes) is 32. The Hall–Kier alpha value is -5.36.